The van der Waals surface area contributed by atoms with E-state index in [0.29, 0.717) is 29.0 Å². The first-order chi connectivity index (χ1) is 10.8. The molecule has 0 saturated heterocycles. The monoisotopic (exact) mass is 375 g/mol. The van der Waals surface area contributed by atoms with Crippen LogP contribution in [0.3, 0.4) is 0 Å². The van der Waals surface area contributed by atoms with Crippen LogP contribution in [0.1, 0.15) is 6.42 Å². The van der Waals surface area contributed by atoms with Crippen LogP contribution in [0.25, 0.3) is 0 Å². The van der Waals surface area contributed by atoms with Gasteiger partial charge in [0.1, 0.15) is 23.1 Å². The van der Waals surface area contributed by atoms with Gasteiger partial charge < -0.3 is 14.8 Å². The minimum absolute atomic E-state index is 0. The van der Waals surface area contributed by atoms with E-state index in [1.54, 1.807) is 6.07 Å². The lowest BCUT2D eigenvalue weighted by Crippen LogP contribution is -2.23. The molecule has 6 heteroatoms. The van der Waals surface area contributed by atoms with Gasteiger partial charge in [0.25, 0.3) is 0 Å². The fourth-order valence-corrected chi connectivity index (χ4v) is 2.20. The maximum absolute atomic E-state index is 6.04. The molecule has 0 radical (unpaired) electrons. The van der Waals surface area contributed by atoms with Gasteiger partial charge in [-0.3, -0.25) is 0 Å². The fraction of sp³-hybridized carbons (Fsp3) is 0.294. The number of halogens is 3. The SMILES string of the molecule is Cl.Clc1cccc(OCCNCCCOc2ccccc2)c1Cl. The quantitative estimate of drug-likeness (QED) is 0.634. The van der Waals surface area contributed by atoms with Crippen molar-refractivity contribution in [2.75, 3.05) is 26.3 Å². The predicted octanol–water partition coefficient (Wildman–Crippen LogP) is 4.85. The molecule has 0 aliphatic heterocycles. The van der Waals surface area contributed by atoms with E-state index in [4.69, 9.17) is 32.7 Å². The van der Waals surface area contributed by atoms with Crippen LogP contribution >= 0.6 is 35.6 Å². The zero-order valence-corrected chi connectivity index (χ0v) is 15.0. The van der Waals surface area contributed by atoms with Gasteiger partial charge in [-0.25, -0.2) is 0 Å². The fourth-order valence-electron chi connectivity index (χ4n) is 1.86. The van der Waals surface area contributed by atoms with Crippen LogP contribution in [-0.4, -0.2) is 26.3 Å². The summed E-state index contributed by atoms with van der Waals surface area (Å²) in [5.74, 6) is 1.52. The molecule has 0 saturated carbocycles. The van der Waals surface area contributed by atoms with E-state index in [9.17, 15) is 0 Å². The Bertz CT molecular complexity index is 567. The van der Waals surface area contributed by atoms with Crippen LogP contribution in [0, 0.1) is 0 Å². The molecule has 0 fully saturated rings. The summed E-state index contributed by atoms with van der Waals surface area (Å²) in [5, 5.41) is 4.26. The topological polar surface area (TPSA) is 30.5 Å². The van der Waals surface area contributed by atoms with Crippen LogP contribution in [0.4, 0.5) is 0 Å². The van der Waals surface area contributed by atoms with Gasteiger partial charge in [0.15, 0.2) is 0 Å². The maximum Gasteiger partial charge on any atom is 0.139 e. The molecule has 2 aromatic carbocycles. The molecule has 0 amide bonds. The summed E-state index contributed by atoms with van der Waals surface area (Å²) >= 11 is 12.0. The third kappa shape index (κ3) is 7.32. The number of ether oxygens (including phenoxy) is 2. The molecule has 0 aromatic heterocycles. The number of hydrogen-bond donors (Lipinski definition) is 1. The zero-order valence-electron chi connectivity index (χ0n) is 12.6. The van der Waals surface area contributed by atoms with E-state index < -0.39 is 0 Å². The molecule has 0 unspecified atom stereocenters. The third-order valence-electron chi connectivity index (χ3n) is 2.96. The van der Waals surface area contributed by atoms with Crippen molar-refractivity contribution in [3.63, 3.8) is 0 Å². The van der Waals surface area contributed by atoms with Crippen LogP contribution in [0.2, 0.25) is 10.0 Å². The van der Waals surface area contributed by atoms with Gasteiger partial charge in [-0.1, -0.05) is 47.5 Å². The van der Waals surface area contributed by atoms with Crippen molar-refractivity contribution in [1.82, 2.24) is 5.32 Å². The summed E-state index contributed by atoms with van der Waals surface area (Å²) in [6, 6.07) is 15.2. The summed E-state index contributed by atoms with van der Waals surface area (Å²) < 4.78 is 11.2. The van der Waals surface area contributed by atoms with E-state index in [-0.39, 0.29) is 12.4 Å². The summed E-state index contributed by atoms with van der Waals surface area (Å²) in [6.45, 7) is 2.85. The molecule has 23 heavy (non-hydrogen) atoms. The van der Waals surface area contributed by atoms with Crippen molar-refractivity contribution in [2.45, 2.75) is 6.42 Å². The minimum Gasteiger partial charge on any atom is -0.494 e. The van der Waals surface area contributed by atoms with Crippen LogP contribution in [-0.2, 0) is 0 Å². The van der Waals surface area contributed by atoms with Gasteiger partial charge in [-0.15, -0.1) is 12.4 Å². The first-order valence-electron chi connectivity index (χ1n) is 7.23. The van der Waals surface area contributed by atoms with Gasteiger partial charge in [0.05, 0.1) is 11.6 Å². The molecule has 0 bridgehead atoms. The van der Waals surface area contributed by atoms with Crippen molar-refractivity contribution >= 4 is 35.6 Å². The van der Waals surface area contributed by atoms with Gasteiger partial charge in [-0.2, -0.15) is 0 Å². The first kappa shape index (κ1) is 19.9. The average molecular weight is 377 g/mol. The highest BCUT2D eigenvalue weighted by molar-refractivity contribution is 6.42. The van der Waals surface area contributed by atoms with E-state index >= 15 is 0 Å². The number of nitrogens with one attached hydrogen (secondary N) is 1. The second kappa shape index (κ2) is 11.4. The van der Waals surface area contributed by atoms with E-state index in [1.807, 2.05) is 42.5 Å². The largest absolute Gasteiger partial charge is 0.494 e. The Labute approximate surface area is 153 Å². The Hall–Kier alpha value is -1.13. The number of para-hydroxylation sites is 1. The van der Waals surface area contributed by atoms with Crippen molar-refractivity contribution in [3.8, 4) is 11.5 Å². The molecule has 0 aliphatic carbocycles. The molecule has 126 valence electrons. The Kier molecular flexibility index (Phi) is 9.88. The molecule has 2 aromatic rings. The van der Waals surface area contributed by atoms with Gasteiger partial charge in [0, 0.05) is 6.54 Å². The standard InChI is InChI=1S/C17H19Cl2NO2.ClH/c18-15-8-4-9-16(17(15)19)22-13-11-20-10-5-12-21-14-6-2-1-3-7-14;/h1-4,6-9,20H,5,10-13H2;1H. The molecule has 2 rings (SSSR count). The lowest BCUT2D eigenvalue weighted by Gasteiger charge is -2.10. The predicted molar refractivity (Wildman–Crippen MR) is 98.6 cm³/mol. The molecule has 0 heterocycles. The van der Waals surface area contributed by atoms with Gasteiger partial charge >= 0.3 is 0 Å². The number of hydrogen-bond acceptors (Lipinski definition) is 3. The van der Waals surface area contributed by atoms with Gasteiger partial charge in [0.2, 0.25) is 0 Å². The van der Waals surface area contributed by atoms with Crippen molar-refractivity contribution < 1.29 is 9.47 Å². The third-order valence-corrected chi connectivity index (χ3v) is 3.76. The van der Waals surface area contributed by atoms with Crippen molar-refractivity contribution in [2.24, 2.45) is 0 Å². The summed E-state index contributed by atoms with van der Waals surface area (Å²) in [6.07, 6.45) is 0.937. The average Bonchev–Trinajstić information content (AvgIpc) is 2.55. The Balaban J connectivity index is 0.00000264. The van der Waals surface area contributed by atoms with Gasteiger partial charge in [-0.05, 0) is 37.2 Å². The molecule has 1 N–H and O–H groups in total. The molecule has 3 nitrogen and oxygen atoms in total. The highest BCUT2D eigenvalue weighted by Gasteiger charge is 2.04. The molecule has 0 spiro atoms. The van der Waals surface area contributed by atoms with Crippen LogP contribution in [0.5, 0.6) is 11.5 Å². The number of benzene rings is 2. The lowest BCUT2D eigenvalue weighted by molar-refractivity contribution is 0.294. The van der Waals surface area contributed by atoms with Crippen LogP contribution in [0.15, 0.2) is 48.5 Å². The zero-order chi connectivity index (χ0) is 15.6. The first-order valence-corrected chi connectivity index (χ1v) is 7.98. The molecular weight excluding hydrogens is 357 g/mol. The highest BCUT2D eigenvalue weighted by atomic mass is 35.5. The molecule has 0 aliphatic rings. The number of rotatable bonds is 9. The normalized spacial score (nSPS) is 10.0. The Morgan fingerprint density at radius 1 is 0.826 bits per heavy atom. The Morgan fingerprint density at radius 3 is 2.39 bits per heavy atom. The second-order valence-electron chi connectivity index (χ2n) is 4.67. The molecular formula is C17H20Cl3NO2. The van der Waals surface area contributed by atoms with Crippen molar-refractivity contribution in [3.05, 3.63) is 58.6 Å². The van der Waals surface area contributed by atoms with E-state index in [2.05, 4.69) is 5.32 Å². The van der Waals surface area contributed by atoms with Crippen molar-refractivity contribution in [1.29, 1.82) is 0 Å². The highest BCUT2D eigenvalue weighted by Crippen LogP contribution is 2.31. The second-order valence-corrected chi connectivity index (χ2v) is 5.45. The summed E-state index contributed by atoms with van der Waals surface area (Å²) in [5.41, 5.74) is 0. The Morgan fingerprint density at radius 2 is 1.61 bits per heavy atom. The van der Waals surface area contributed by atoms with E-state index in [1.165, 1.54) is 0 Å². The maximum atomic E-state index is 6.04. The van der Waals surface area contributed by atoms with Crippen LogP contribution < -0.4 is 14.8 Å². The van der Waals surface area contributed by atoms with E-state index in [0.717, 1.165) is 25.3 Å². The molecule has 0 atom stereocenters. The lowest BCUT2D eigenvalue weighted by atomic mass is 10.3. The minimum atomic E-state index is 0. The summed E-state index contributed by atoms with van der Waals surface area (Å²) in [4.78, 5) is 0. The summed E-state index contributed by atoms with van der Waals surface area (Å²) in [7, 11) is 0. The smallest absolute Gasteiger partial charge is 0.139 e.